The summed E-state index contributed by atoms with van der Waals surface area (Å²) in [6.07, 6.45) is 3.59. The molecule has 0 atom stereocenters. The van der Waals surface area contributed by atoms with E-state index in [9.17, 15) is 0 Å². The quantitative estimate of drug-likeness (QED) is 0.527. The molecule has 2 N–H and O–H groups in total. The molecular weight excluding hydrogens is 251 g/mol. The molecule has 0 saturated heterocycles. The van der Waals surface area contributed by atoms with Crippen LogP contribution in [0.2, 0.25) is 0 Å². The van der Waals surface area contributed by atoms with E-state index in [1.165, 1.54) is 0 Å². The van der Waals surface area contributed by atoms with Gasteiger partial charge in [-0.1, -0.05) is 6.07 Å². The predicted molar refractivity (Wildman–Crippen MR) is 78.0 cm³/mol. The van der Waals surface area contributed by atoms with Crippen molar-refractivity contribution in [3.8, 4) is 11.1 Å². The fraction of sp³-hybridized carbons (Fsp3) is 0. The molecule has 0 aliphatic heterocycles. The first-order valence-electron chi connectivity index (χ1n) is 6.10. The van der Waals surface area contributed by atoms with Crippen molar-refractivity contribution in [2.75, 3.05) is 5.73 Å². The molecule has 0 unspecified atom stereocenters. The van der Waals surface area contributed by atoms with Gasteiger partial charge in [0.15, 0.2) is 5.58 Å². The van der Waals surface area contributed by atoms with E-state index in [1.54, 1.807) is 6.20 Å². The second-order valence-electron chi connectivity index (χ2n) is 4.56. The van der Waals surface area contributed by atoms with Crippen molar-refractivity contribution in [3.63, 3.8) is 0 Å². The molecule has 0 aliphatic carbocycles. The molecule has 5 nitrogen and oxygen atoms in total. The normalized spacial score (nSPS) is 11.4. The number of anilines is 1. The second kappa shape index (κ2) is 3.87. The third-order valence-corrected chi connectivity index (χ3v) is 3.27. The molecule has 0 bridgehead atoms. The Hall–Kier alpha value is -2.76. The summed E-state index contributed by atoms with van der Waals surface area (Å²) in [5, 5.41) is 0. The molecule has 94 valence electrons. The summed E-state index contributed by atoms with van der Waals surface area (Å²) in [4.78, 5) is 8.34. The highest BCUT2D eigenvalue weighted by Crippen LogP contribution is 2.25. The van der Waals surface area contributed by atoms with Gasteiger partial charge in [0.2, 0.25) is 0 Å². The number of aromatic nitrogens is 3. The van der Waals surface area contributed by atoms with Crippen LogP contribution in [-0.4, -0.2) is 22.2 Å². The molecule has 6 heteroatoms. The van der Waals surface area contributed by atoms with Gasteiger partial charge in [0, 0.05) is 12.4 Å². The van der Waals surface area contributed by atoms with Gasteiger partial charge in [-0.2, -0.15) is 4.98 Å². The standard InChI is InChI=1S/C14H9BN4O/c15-12-6-17-13-4-2-9(7-19(12)13)8-1-3-11-10(5-8)18-14(16)20-11/h1-7H,(H2,16,18). The van der Waals surface area contributed by atoms with Gasteiger partial charge >= 0.3 is 0 Å². The average molecular weight is 260 g/mol. The Morgan fingerprint density at radius 1 is 1.15 bits per heavy atom. The zero-order chi connectivity index (χ0) is 13.7. The lowest BCUT2D eigenvalue weighted by Crippen LogP contribution is -2.08. The smallest absolute Gasteiger partial charge is 0.292 e. The van der Waals surface area contributed by atoms with Crippen molar-refractivity contribution >= 4 is 36.2 Å². The Morgan fingerprint density at radius 2 is 2.00 bits per heavy atom. The van der Waals surface area contributed by atoms with Crippen LogP contribution < -0.4 is 11.3 Å². The van der Waals surface area contributed by atoms with Crippen LogP contribution in [0.25, 0.3) is 27.9 Å². The van der Waals surface area contributed by atoms with E-state index in [1.807, 2.05) is 40.9 Å². The fourth-order valence-corrected chi connectivity index (χ4v) is 2.29. The molecule has 0 amide bonds. The molecule has 3 heterocycles. The lowest BCUT2D eigenvalue weighted by atomic mass is 10.1. The Morgan fingerprint density at radius 3 is 2.90 bits per heavy atom. The summed E-state index contributed by atoms with van der Waals surface area (Å²) in [5.41, 5.74) is 10.4. The van der Waals surface area contributed by atoms with Crippen molar-refractivity contribution in [2.45, 2.75) is 0 Å². The molecule has 1 aromatic carbocycles. The first-order valence-corrected chi connectivity index (χ1v) is 6.10. The van der Waals surface area contributed by atoms with E-state index in [-0.39, 0.29) is 6.01 Å². The third kappa shape index (κ3) is 1.58. The second-order valence-corrected chi connectivity index (χ2v) is 4.56. The van der Waals surface area contributed by atoms with Gasteiger partial charge in [-0.25, -0.2) is 4.98 Å². The molecule has 20 heavy (non-hydrogen) atoms. The minimum atomic E-state index is 0.173. The van der Waals surface area contributed by atoms with Crippen LogP contribution in [0.1, 0.15) is 0 Å². The van der Waals surface area contributed by atoms with E-state index in [4.69, 9.17) is 18.0 Å². The number of hydrogen-bond acceptors (Lipinski definition) is 4. The lowest BCUT2D eigenvalue weighted by Gasteiger charge is -2.04. The van der Waals surface area contributed by atoms with Crippen molar-refractivity contribution < 1.29 is 4.42 Å². The van der Waals surface area contributed by atoms with Crippen LogP contribution in [-0.2, 0) is 0 Å². The molecule has 0 spiro atoms. The van der Waals surface area contributed by atoms with E-state index in [0.29, 0.717) is 11.2 Å². The van der Waals surface area contributed by atoms with Crippen molar-refractivity contribution in [3.05, 3.63) is 42.7 Å². The van der Waals surface area contributed by atoms with Gasteiger partial charge in [-0.3, -0.25) is 0 Å². The van der Waals surface area contributed by atoms with Crippen LogP contribution >= 0.6 is 0 Å². The molecule has 3 aromatic heterocycles. The molecule has 0 saturated carbocycles. The first kappa shape index (κ1) is 11.1. The molecule has 4 rings (SSSR count). The van der Waals surface area contributed by atoms with Gasteiger partial charge in [0.05, 0.1) is 0 Å². The number of oxazole rings is 1. The van der Waals surface area contributed by atoms with Gasteiger partial charge in [0.1, 0.15) is 19.0 Å². The summed E-state index contributed by atoms with van der Waals surface area (Å²) in [7, 11) is 5.87. The summed E-state index contributed by atoms with van der Waals surface area (Å²) < 4.78 is 7.11. The van der Waals surface area contributed by atoms with E-state index in [0.717, 1.165) is 22.3 Å². The highest BCUT2D eigenvalue weighted by Gasteiger charge is 2.06. The molecule has 2 radical (unpaired) electrons. The van der Waals surface area contributed by atoms with Gasteiger partial charge in [0.25, 0.3) is 6.01 Å². The summed E-state index contributed by atoms with van der Waals surface area (Å²) >= 11 is 0. The summed E-state index contributed by atoms with van der Waals surface area (Å²) in [6, 6.07) is 9.84. The number of nitrogen functional groups attached to an aromatic ring is 1. The lowest BCUT2D eigenvalue weighted by molar-refractivity contribution is 0.626. The summed E-state index contributed by atoms with van der Waals surface area (Å²) in [5.74, 6) is 0. The highest BCUT2D eigenvalue weighted by molar-refractivity contribution is 6.31. The van der Waals surface area contributed by atoms with Gasteiger partial charge < -0.3 is 14.6 Å². The zero-order valence-corrected chi connectivity index (χ0v) is 10.4. The van der Waals surface area contributed by atoms with Crippen LogP contribution in [0, 0.1) is 0 Å². The number of imidazole rings is 1. The predicted octanol–water partition coefficient (Wildman–Crippen LogP) is 1.52. The van der Waals surface area contributed by atoms with Crippen LogP contribution in [0.3, 0.4) is 0 Å². The topological polar surface area (TPSA) is 69.3 Å². The minimum absolute atomic E-state index is 0.173. The van der Waals surface area contributed by atoms with E-state index in [2.05, 4.69) is 9.97 Å². The number of nitrogens with zero attached hydrogens (tertiary/aromatic N) is 3. The van der Waals surface area contributed by atoms with Crippen LogP contribution in [0.5, 0.6) is 0 Å². The molecule has 0 aliphatic rings. The molecule has 4 aromatic rings. The third-order valence-electron chi connectivity index (χ3n) is 3.27. The summed E-state index contributed by atoms with van der Waals surface area (Å²) in [6.45, 7) is 0. The number of hydrogen-bond donors (Lipinski definition) is 1. The SMILES string of the molecule is [B]c1cnc2ccc(-c3ccc4oc(N)nc4c3)cn12. The van der Waals surface area contributed by atoms with Gasteiger partial charge in [-0.15, -0.1) is 0 Å². The Labute approximate surface area is 115 Å². The van der Waals surface area contributed by atoms with Crippen molar-refractivity contribution in [1.29, 1.82) is 0 Å². The minimum Gasteiger partial charge on any atom is -0.424 e. The first-order chi connectivity index (χ1) is 9.70. The maximum atomic E-state index is 5.87. The number of rotatable bonds is 1. The van der Waals surface area contributed by atoms with Crippen molar-refractivity contribution in [2.24, 2.45) is 0 Å². The fourth-order valence-electron chi connectivity index (χ4n) is 2.29. The van der Waals surface area contributed by atoms with Crippen LogP contribution in [0.4, 0.5) is 6.01 Å². The molecular formula is C14H9BN4O. The Balaban J connectivity index is 1.92. The highest BCUT2D eigenvalue weighted by atomic mass is 16.4. The number of pyridine rings is 1. The average Bonchev–Trinajstić information content (AvgIpc) is 3.00. The van der Waals surface area contributed by atoms with Gasteiger partial charge in [-0.05, 0) is 41.0 Å². The van der Waals surface area contributed by atoms with Crippen LogP contribution in [0.15, 0.2) is 47.1 Å². The van der Waals surface area contributed by atoms with Crippen molar-refractivity contribution in [1.82, 2.24) is 14.4 Å². The maximum Gasteiger partial charge on any atom is 0.292 e. The largest absolute Gasteiger partial charge is 0.424 e. The molecule has 0 fully saturated rings. The zero-order valence-electron chi connectivity index (χ0n) is 10.4. The van der Waals surface area contributed by atoms with E-state index < -0.39 is 0 Å². The number of benzene rings is 1. The number of nitrogens with two attached hydrogens (primary N) is 1. The van der Waals surface area contributed by atoms with E-state index >= 15 is 0 Å². The monoisotopic (exact) mass is 260 g/mol. The Kier molecular flexibility index (Phi) is 2.15. The maximum absolute atomic E-state index is 5.87. The Bertz CT molecular complexity index is 941. The number of fused-ring (bicyclic) bond motifs is 2.